The molecule has 0 saturated heterocycles. The summed E-state index contributed by atoms with van der Waals surface area (Å²) < 4.78 is 2.05. The van der Waals surface area contributed by atoms with Crippen LogP contribution in [0.25, 0.3) is 6.08 Å². The summed E-state index contributed by atoms with van der Waals surface area (Å²) >= 11 is 0. The highest BCUT2D eigenvalue weighted by Crippen LogP contribution is 2.40. The van der Waals surface area contributed by atoms with Crippen LogP contribution in [0.3, 0.4) is 0 Å². The minimum absolute atomic E-state index is 0.583. The molecule has 1 aromatic heterocycles. The van der Waals surface area contributed by atoms with Crippen LogP contribution in [-0.4, -0.2) is 20.6 Å². The smallest absolute Gasteiger partial charge is 0.328 e. The van der Waals surface area contributed by atoms with Gasteiger partial charge in [-0.3, -0.25) is 0 Å². The summed E-state index contributed by atoms with van der Waals surface area (Å²) in [6, 6.07) is 30.8. The van der Waals surface area contributed by atoms with E-state index in [-0.39, 0.29) is 0 Å². The Hall–Kier alpha value is -3.92. The van der Waals surface area contributed by atoms with Gasteiger partial charge in [0.2, 0.25) is 0 Å². The molecular formula is C25H20N2O2. The van der Waals surface area contributed by atoms with Crippen molar-refractivity contribution in [1.29, 1.82) is 0 Å². The molecule has 4 heteroatoms. The van der Waals surface area contributed by atoms with Gasteiger partial charge < -0.3 is 9.67 Å². The van der Waals surface area contributed by atoms with E-state index in [0.29, 0.717) is 5.69 Å². The standard InChI is InChI=1S/C25H20N2O2/c28-24(29)17-16-23-18-27(19-26-23)25(20-10-4-1-5-11-20,21-12-6-2-7-13-21)22-14-8-3-9-15-22/h1-19H,(H,28,29). The first-order chi connectivity index (χ1) is 14.2. The van der Waals surface area contributed by atoms with Gasteiger partial charge >= 0.3 is 5.97 Å². The van der Waals surface area contributed by atoms with Crippen LogP contribution >= 0.6 is 0 Å². The Bertz CT molecular complexity index is 1020. The van der Waals surface area contributed by atoms with E-state index in [4.69, 9.17) is 5.11 Å². The van der Waals surface area contributed by atoms with E-state index in [0.717, 1.165) is 22.8 Å². The highest BCUT2D eigenvalue weighted by Gasteiger charge is 2.38. The zero-order valence-corrected chi connectivity index (χ0v) is 15.7. The molecule has 0 amide bonds. The Kier molecular flexibility index (Phi) is 5.08. The van der Waals surface area contributed by atoms with Gasteiger partial charge in [0.25, 0.3) is 0 Å². The van der Waals surface area contributed by atoms with Crippen LogP contribution in [0.2, 0.25) is 0 Å². The first-order valence-electron chi connectivity index (χ1n) is 9.33. The molecule has 0 atom stereocenters. The molecule has 0 unspecified atom stereocenters. The maximum Gasteiger partial charge on any atom is 0.328 e. The molecule has 0 aliphatic heterocycles. The van der Waals surface area contributed by atoms with Crippen molar-refractivity contribution in [3.63, 3.8) is 0 Å². The molecule has 4 nitrogen and oxygen atoms in total. The lowest BCUT2D eigenvalue weighted by molar-refractivity contribution is -0.131. The van der Waals surface area contributed by atoms with Crippen molar-refractivity contribution >= 4 is 12.0 Å². The molecule has 1 heterocycles. The van der Waals surface area contributed by atoms with Crippen LogP contribution in [0.1, 0.15) is 22.4 Å². The Balaban J connectivity index is 2.02. The summed E-state index contributed by atoms with van der Waals surface area (Å²) in [5.74, 6) is -1.00. The minimum Gasteiger partial charge on any atom is -0.478 e. The summed E-state index contributed by atoms with van der Waals surface area (Å²) in [4.78, 5) is 15.4. The normalized spacial score (nSPS) is 11.6. The lowest BCUT2D eigenvalue weighted by atomic mass is 9.77. The second-order valence-electron chi connectivity index (χ2n) is 6.69. The number of carboxylic acid groups (broad SMARTS) is 1. The molecule has 1 N–H and O–H groups in total. The molecule has 4 aromatic rings. The number of carbonyl (C=O) groups is 1. The van der Waals surface area contributed by atoms with Crippen molar-refractivity contribution in [1.82, 2.24) is 9.55 Å². The summed E-state index contributed by atoms with van der Waals surface area (Å²) in [6.45, 7) is 0. The van der Waals surface area contributed by atoms with Crippen molar-refractivity contribution in [2.24, 2.45) is 0 Å². The number of hydrogen-bond donors (Lipinski definition) is 1. The van der Waals surface area contributed by atoms with Gasteiger partial charge in [-0.2, -0.15) is 0 Å². The molecule has 0 spiro atoms. The third kappa shape index (κ3) is 3.48. The average molecular weight is 380 g/mol. The van der Waals surface area contributed by atoms with Crippen LogP contribution in [0.4, 0.5) is 0 Å². The van der Waals surface area contributed by atoms with E-state index >= 15 is 0 Å². The summed E-state index contributed by atoms with van der Waals surface area (Å²) in [7, 11) is 0. The van der Waals surface area contributed by atoms with Crippen molar-refractivity contribution in [2.75, 3.05) is 0 Å². The molecule has 3 aromatic carbocycles. The number of aromatic nitrogens is 2. The molecule has 0 aliphatic rings. The molecule has 0 aliphatic carbocycles. The number of aliphatic carboxylic acids is 1. The van der Waals surface area contributed by atoms with Gasteiger partial charge in [0.15, 0.2) is 0 Å². The zero-order valence-electron chi connectivity index (χ0n) is 15.7. The maximum absolute atomic E-state index is 10.9. The van der Waals surface area contributed by atoms with Gasteiger partial charge in [-0.15, -0.1) is 0 Å². The van der Waals surface area contributed by atoms with Gasteiger partial charge in [-0.05, 0) is 22.8 Å². The van der Waals surface area contributed by atoms with Gasteiger partial charge in [-0.1, -0.05) is 91.0 Å². The molecule has 29 heavy (non-hydrogen) atoms. The second kappa shape index (κ2) is 7.98. The molecular weight excluding hydrogens is 360 g/mol. The Morgan fingerprint density at radius 1 is 0.793 bits per heavy atom. The summed E-state index contributed by atoms with van der Waals surface area (Å²) in [6.07, 6.45) is 6.24. The van der Waals surface area contributed by atoms with Crippen molar-refractivity contribution in [2.45, 2.75) is 5.54 Å². The van der Waals surface area contributed by atoms with Crippen molar-refractivity contribution in [3.8, 4) is 0 Å². The Labute approximate surface area is 169 Å². The molecule has 4 rings (SSSR count). The zero-order chi connectivity index (χ0) is 20.1. The highest BCUT2D eigenvalue weighted by atomic mass is 16.4. The van der Waals surface area contributed by atoms with Crippen LogP contribution in [0.15, 0.2) is 110 Å². The number of rotatable bonds is 6. The van der Waals surface area contributed by atoms with Gasteiger partial charge in [0.1, 0.15) is 5.54 Å². The van der Waals surface area contributed by atoms with Crippen LogP contribution in [0.5, 0.6) is 0 Å². The third-order valence-electron chi connectivity index (χ3n) is 4.96. The monoisotopic (exact) mass is 380 g/mol. The molecule has 0 radical (unpaired) electrons. The SMILES string of the molecule is O=C(O)C=Cc1cn(C(c2ccccc2)(c2ccccc2)c2ccccc2)cn1. The van der Waals surface area contributed by atoms with Gasteiger partial charge in [-0.25, -0.2) is 9.78 Å². The number of carboxylic acids is 1. The first kappa shape index (κ1) is 18.4. The van der Waals surface area contributed by atoms with Gasteiger partial charge in [0.05, 0.1) is 12.0 Å². The maximum atomic E-state index is 10.9. The number of hydrogen-bond acceptors (Lipinski definition) is 2. The van der Waals surface area contributed by atoms with Crippen LogP contribution in [0, 0.1) is 0 Å². The average Bonchev–Trinajstić information content (AvgIpc) is 3.24. The van der Waals surface area contributed by atoms with Crippen molar-refractivity contribution < 1.29 is 9.90 Å². The van der Waals surface area contributed by atoms with Gasteiger partial charge in [0, 0.05) is 12.3 Å². The Morgan fingerprint density at radius 3 is 1.66 bits per heavy atom. The summed E-state index contributed by atoms with van der Waals surface area (Å²) in [5.41, 5.74) is 3.20. The number of benzene rings is 3. The Morgan fingerprint density at radius 2 is 1.24 bits per heavy atom. The highest BCUT2D eigenvalue weighted by molar-refractivity contribution is 5.84. The fraction of sp³-hybridized carbons (Fsp3) is 0.0400. The first-order valence-corrected chi connectivity index (χ1v) is 9.33. The lowest BCUT2D eigenvalue weighted by Crippen LogP contribution is -2.36. The van der Waals surface area contributed by atoms with E-state index in [1.807, 2.05) is 60.8 Å². The predicted molar refractivity (Wildman–Crippen MR) is 114 cm³/mol. The second-order valence-corrected chi connectivity index (χ2v) is 6.69. The van der Waals surface area contributed by atoms with Crippen LogP contribution in [-0.2, 0) is 10.3 Å². The fourth-order valence-corrected chi connectivity index (χ4v) is 3.75. The fourth-order valence-electron chi connectivity index (χ4n) is 3.75. The molecule has 142 valence electrons. The topological polar surface area (TPSA) is 55.1 Å². The van der Waals surface area contributed by atoms with Crippen molar-refractivity contribution in [3.05, 3.63) is 132 Å². The molecule has 0 fully saturated rings. The van der Waals surface area contributed by atoms with E-state index < -0.39 is 11.5 Å². The number of nitrogens with zero attached hydrogens (tertiary/aromatic N) is 2. The minimum atomic E-state index is -1.00. The predicted octanol–water partition coefficient (Wildman–Crippen LogP) is 4.82. The molecule has 0 saturated carbocycles. The van der Waals surface area contributed by atoms with E-state index in [1.165, 1.54) is 6.08 Å². The molecule has 0 bridgehead atoms. The third-order valence-corrected chi connectivity index (χ3v) is 4.96. The quantitative estimate of drug-likeness (QED) is 0.385. The lowest BCUT2D eigenvalue weighted by Gasteiger charge is -2.37. The van der Waals surface area contributed by atoms with E-state index in [1.54, 1.807) is 6.33 Å². The summed E-state index contributed by atoms with van der Waals surface area (Å²) in [5, 5.41) is 8.95. The number of imidazole rings is 1. The van der Waals surface area contributed by atoms with E-state index in [2.05, 4.69) is 45.9 Å². The van der Waals surface area contributed by atoms with Crippen LogP contribution < -0.4 is 0 Å². The van der Waals surface area contributed by atoms with E-state index in [9.17, 15) is 4.79 Å². The largest absolute Gasteiger partial charge is 0.478 e.